The highest BCUT2D eigenvalue weighted by molar-refractivity contribution is 5.93. The zero-order valence-electron chi connectivity index (χ0n) is 12.0. The minimum Gasteiger partial charge on any atom is -0.395 e. The van der Waals surface area contributed by atoms with E-state index in [-0.39, 0.29) is 24.3 Å². The zero-order valence-corrected chi connectivity index (χ0v) is 12.0. The molecule has 1 amide bonds. The maximum absolute atomic E-state index is 13.3. The number of anilines is 1. The van der Waals surface area contributed by atoms with Crippen molar-refractivity contribution in [1.82, 2.24) is 0 Å². The quantitative estimate of drug-likeness (QED) is 0.831. The molecule has 0 heterocycles. The van der Waals surface area contributed by atoms with E-state index in [1.165, 1.54) is 18.2 Å². The molecule has 2 N–H and O–H groups in total. The Bertz CT molecular complexity index is 529. The highest BCUT2D eigenvalue weighted by Gasteiger charge is 2.17. The highest BCUT2D eigenvalue weighted by Crippen LogP contribution is 2.19. The number of halogens is 1. The van der Waals surface area contributed by atoms with Crippen molar-refractivity contribution in [2.45, 2.75) is 27.2 Å². The van der Waals surface area contributed by atoms with Crippen molar-refractivity contribution in [2.24, 2.45) is 11.8 Å². The monoisotopic (exact) mass is 277 g/mol. The van der Waals surface area contributed by atoms with Crippen LogP contribution in [0, 0.1) is 29.5 Å². The van der Waals surface area contributed by atoms with Crippen LogP contribution in [-0.2, 0) is 4.79 Å². The number of rotatable bonds is 4. The molecule has 1 aromatic carbocycles. The Balaban J connectivity index is 2.95. The lowest BCUT2D eigenvalue weighted by Crippen LogP contribution is -2.24. The van der Waals surface area contributed by atoms with Crippen LogP contribution >= 0.6 is 0 Å². The van der Waals surface area contributed by atoms with Gasteiger partial charge in [0.25, 0.3) is 0 Å². The molecule has 0 radical (unpaired) electrons. The number of hydrogen-bond donors (Lipinski definition) is 2. The van der Waals surface area contributed by atoms with E-state index >= 15 is 0 Å². The molecule has 0 aliphatic carbocycles. The molecule has 20 heavy (non-hydrogen) atoms. The summed E-state index contributed by atoms with van der Waals surface area (Å²) in [6.45, 7) is 5.74. The molecule has 0 aromatic heterocycles. The lowest BCUT2D eigenvalue weighted by atomic mass is 9.97. The maximum Gasteiger partial charge on any atom is 0.227 e. The first kappa shape index (κ1) is 16.2. The Hall–Kier alpha value is -1.86. The number of nitrogens with one attached hydrogen (secondary N) is 1. The van der Waals surface area contributed by atoms with E-state index in [1.807, 2.05) is 20.8 Å². The molecular weight excluding hydrogens is 257 g/mol. The topological polar surface area (TPSA) is 49.3 Å². The maximum atomic E-state index is 13.3. The fraction of sp³-hybridized carbons (Fsp3) is 0.438. The number of carbonyl (C=O) groups excluding carboxylic acids is 1. The molecule has 1 rings (SSSR count). The molecule has 0 bridgehead atoms. The van der Waals surface area contributed by atoms with Gasteiger partial charge in [0.2, 0.25) is 5.91 Å². The molecule has 0 spiro atoms. The zero-order chi connectivity index (χ0) is 15.1. The molecule has 0 aliphatic heterocycles. The van der Waals surface area contributed by atoms with Gasteiger partial charge in [-0.1, -0.05) is 32.6 Å². The molecule has 108 valence electrons. The van der Waals surface area contributed by atoms with Gasteiger partial charge < -0.3 is 10.4 Å². The summed E-state index contributed by atoms with van der Waals surface area (Å²) in [5, 5.41) is 11.5. The van der Waals surface area contributed by atoms with Gasteiger partial charge in [-0.25, -0.2) is 4.39 Å². The van der Waals surface area contributed by atoms with Crippen LogP contribution in [-0.4, -0.2) is 17.6 Å². The molecule has 0 aliphatic rings. The minimum absolute atomic E-state index is 0.0472. The van der Waals surface area contributed by atoms with E-state index in [2.05, 4.69) is 17.2 Å². The number of amides is 1. The number of benzene rings is 1. The number of hydrogen-bond acceptors (Lipinski definition) is 2. The first-order chi connectivity index (χ1) is 9.45. The summed E-state index contributed by atoms with van der Waals surface area (Å²) >= 11 is 0. The first-order valence-corrected chi connectivity index (χ1v) is 6.65. The molecule has 0 saturated heterocycles. The second-order valence-corrected chi connectivity index (χ2v) is 4.99. The fourth-order valence-corrected chi connectivity index (χ4v) is 1.49. The summed E-state index contributed by atoms with van der Waals surface area (Å²) in [6.07, 6.45) is 0.312. The fourth-order valence-electron chi connectivity index (χ4n) is 1.49. The minimum atomic E-state index is -0.409. The molecular formula is C16H20FNO2. The normalized spacial score (nSPS) is 11.7. The van der Waals surface area contributed by atoms with Gasteiger partial charge in [0, 0.05) is 12.3 Å². The molecule has 1 unspecified atom stereocenters. The van der Waals surface area contributed by atoms with Crippen LogP contribution in [0.1, 0.15) is 32.8 Å². The number of aliphatic hydroxyl groups is 1. The molecule has 3 nitrogen and oxygen atoms in total. The van der Waals surface area contributed by atoms with Crippen molar-refractivity contribution in [1.29, 1.82) is 0 Å². The highest BCUT2D eigenvalue weighted by atomic mass is 19.1. The van der Waals surface area contributed by atoms with E-state index < -0.39 is 5.82 Å². The van der Waals surface area contributed by atoms with E-state index in [4.69, 9.17) is 5.11 Å². The Morgan fingerprint density at radius 3 is 2.70 bits per heavy atom. The van der Waals surface area contributed by atoms with Crippen molar-refractivity contribution in [3.63, 3.8) is 0 Å². The predicted molar refractivity (Wildman–Crippen MR) is 77.6 cm³/mol. The largest absolute Gasteiger partial charge is 0.395 e. The van der Waals surface area contributed by atoms with Crippen LogP contribution in [0.15, 0.2) is 18.2 Å². The summed E-state index contributed by atoms with van der Waals surface area (Å²) in [4.78, 5) is 12.0. The Morgan fingerprint density at radius 1 is 1.40 bits per heavy atom. The van der Waals surface area contributed by atoms with Gasteiger partial charge in [0.15, 0.2) is 0 Å². The average molecular weight is 277 g/mol. The Labute approximate surface area is 119 Å². The van der Waals surface area contributed by atoms with Crippen molar-refractivity contribution >= 4 is 11.6 Å². The molecule has 4 heteroatoms. The second kappa shape index (κ2) is 7.66. The van der Waals surface area contributed by atoms with Gasteiger partial charge in [-0.15, -0.1) is 0 Å². The molecule has 1 aromatic rings. The van der Waals surface area contributed by atoms with Crippen LogP contribution in [0.25, 0.3) is 0 Å². The van der Waals surface area contributed by atoms with Crippen molar-refractivity contribution in [2.75, 3.05) is 11.9 Å². The first-order valence-electron chi connectivity index (χ1n) is 6.65. The van der Waals surface area contributed by atoms with Crippen molar-refractivity contribution in [3.8, 4) is 11.8 Å². The second-order valence-electron chi connectivity index (χ2n) is 4.99. The third-order valence-electron chi connectivity index (χ3n) is 3.11. The van der Waals surface area contributed by atoms with E-state index in [1.54, 1.807) is 0 Å². The Kier molecular flexibility index (Phi) is 6.20. The standard InChI is InChI=1S/C16H20FNO2/c1-11(2)12(3)16(20)18-15-8-7-14(17)10-13(15)6-4-5-9-19/h7-8,10-12,19H,5,9H2,1-3H3,(H,18,20). The van der Waals surface area contributed by atoms with Gasteiger partial charge in [-0.2, -0.15) is 0 Å². The SMILES string of the molecule is CC(C)C(C)C(=O)Nc1ccc(F)cc1C#CCCO. The van der Waals surface area contributed by atoms with Crippen LogP contribution in [0.4, 0.5) is 10.1 Å². The summed E-state index contributed by atoms with van der Waals surface area (Å²) < 4.78 is 13.3. The van der Waals surface area contributed by atoms with Gasteiger partial charge in [0.1, 0.15) is 5.82 Å². The molecule has 0 saturated carbocycles. The number of aliphatic hydroxyl groups excluding tert-OH is 1. The van der Waals surface area contributed by atoms with Gasteiger partial charge in [-0.05, 0) is 24.1 Å². The van der Waals surface area contributed by atoms with Gasteiger partial charge in [-0.3, -0.25) is 4.79 Å². The molecule has 0 fully saturated rings. The summed E-state index contributed by atoms with van der Waals surface area (Å²) in [5.41, 5.74) is 0.914. The molecule has 1 atom stereocenters. The lowest BCUT2D eigenvalue weighted by Gasteiger charge is -2.16. The van der Waals surface area contributed by atoms with Crippen LogP contribution in [0.5, 0.6) is 0 Å². The van der Waals surface area contributed by atoms with E-state index in [9.17, 15) is 9.18 Å². The van der Waals surface area contributed by atoms with E-state index in [0.717, 1.165) is 0 Å². The average Bonchev–Trinajstić information content (AvgIpc) is 2.40. The third kappa shape index (κ3) is 4.67. The van der Waals surface area contributed by atoms with Crippen molar-refractivity contribution < 1.29 is 14.3 Å². The van der Waals surface area contributed by atoms with Crippen LogP contribution in [0.3, 0.4) is 0 Å². The summed E-state index contributed by atoms with van der Waals surface area (Å²) in [7, 11) is 0. The number of carbonyl (C=O) groups is 1. The summed E-state index contributed by atoms with van der Waals surface area (Å²) in [6, 6.07) is 4.07. The third-order valence-corrected chi connectivity index (χ3v) is 3.11. The van der Waals surface area contributed by atoms with E-state index in [0.29, 0.717) is 17.7 Å². The Morgan fingerprint density at radius 2 is 2.10 bits per heavy atom. The van der Waals surface area contributed by atoms with Crippen LogP contribution < -0.4 is 5.32 Å². The van der Waals surface area contributed by atoms with Gasteiger partial charge >= 0.3 is 0 Å². The smallest absolute Gasteiger partial charge is 0.227 e. The van der Waals surface area contributed by atoms with Crippen molar-refractivity contribution in [3.05, 3.63) is 29.6 Å². The predicted octanol–water partition coefficient (Wildman–Crippen LogP) is 2.79. The summed E-state index contributed by atoms with van der Waals surface area (Å²) in [5.74, 6) is 5.05. The lowest BCUT2D eigenvalue weighted by molar-refractivity contribution is -0.120. The van der Waals surface area contributed by atoms with Gasteiger partial charge in [0.05, 0.1) is 17.9 Å². The van der Waals surface area contributed by atoms with Crippen LogP contribution in [0.2, 0.25) is 0 Å².